The fourth-order valence-corrected chi connectivity index (χ4v) is 10.5. The van der Waals surface area contributed by atoms with Crippen LogP contribution < -0.4 is 18.9 Å². The fraction of sp³-hybridized carbons (Fsp3) is 0.538. The first-order valence-electron chi connectivity index (χ1n) is 23.4. The number of phenols is 4. The highest BCUT2D eigenvalue weighted by Crippen LogP contribution is 2.55. The van der Waals surface area contributed by atoms with Crippen LogP contribution in [0.4, 0.5) is 0 Å². The number of phenolic OH excluding ortho intramolecular Hbond substituents is 4. The maximum absolute atomic E-state index is 12.6. The average Bonchev–Trinajstić information content (AvgIpc) is 3.28. The highest BCUT2D eigenvalue weighted by Gasteiger charge is 2.39. The van der Waals surface area contributed by atoms with E-state index in [0.29, 0.717) is 121 Å². The SMILES string of the molecule is CC(C)N1COc2c3cc(c(O)c2C1)[C@@H](C)c1cc(c(O)c2c1OCN(C(C)C)C2)[C@@H](C)c1cc(c(O)c2c1OCN(C(C)C)C2)[C@@H](C)c1cc(c(O)c2c1OCN(C(C)C)C2)[C@H]3C. The minimum Gasteiger partial charge on any atom is -0.507 e. The van der Waals surface area contributed by atoms with Crippen molar-refractivity contribution in [1.82, 2.24) is 19.6 Å². The van der Waals surface area contributed by atoms with Gasteiger partial charge in [-0.25, -0.2) is 0 Å². The van der Waals surface area contributed by atoms with E-state index in [1.54, 1.807) is 0 Å². The topological polar surface area (TPSA) is 131 Å². The van der Waals surface area contributed by atoms with Gasteiger partial charge >= 0.3 is 0 Å². The molecule has 0 fully saturated rings. The van der Waals surface area contributed by atoms with Gasteiger partial charge in [0.15, 0.2) is 0 Å². The predicted octanol–water partition coefficient (Wildman–Crippen LogP) is 9.67. The number of ether oxygens (including phenoxy) is 4. The fourth-order valence-electron chi connectivity index (χ4n) is 10.5. The van der Waals surface area contributed by atoms with Crippen molar-refractivity contribution in [3.8, 4) is 46.0 Å². The Bertz CT molecular complexity index is 2160. The molecule has 0 radical (unpaired) electrons. The molecule has 0 aromatic heterocycles. The molecule has 4 heterocycles. The van der Waals surface area contributed by atoms with E-state index >= 15 is 0 Å². The highest BCUT2D eigenvalue weighted by molar-refractivity contribution is 5.68. The molecule has 1 aliphatic carbocycles. The zero-order valence-electron chi connectivity index (χ0n) is 39.8. The summed E-state index contributed by atoms with van der Waals surface area (Å²) in [4.78, 5) is 8.78. The summed E-state index contributed by atoms with van der Waals surface area (Å²) in [6.07, 6.45) is 0. The van der Waals surface area contributed by atoms with Crippen LogP contribution in [0.15, 0.2) is 24.3 Å². The number of aromatic hydroxyl groups is 4. The molecule has 4 aromatic rings. The summed E-state index contributed by atoms with van der Waals surface area (Å²) in [6.45, 7) is 28.8. The van der Waals surface area contributed by atoms with Gasteiger partial charge in [0.1, 0.15) is 72.9 Å². The quantitative estimate of drug-likeness (QED) is 0.156. The first kappa shape index (κ1) is 44.3. The van der Waals surface area contributed by atoms with Crippen LogP contribution in [0.3, 0.4) is 0 Å². The van der Waals surface area contributed by atoms with Gasteiger partial charge in [0.2, 0.25) is 0 Å². The Morgan fingerprint density at radius 1 is 0.359 bits per heavy atom. The minimum absolute atomic E-state index is 0.167. The van der Waals surface area contributed by atoms with Crippen LogP contribution in [-0.2, 0) is 26.2 Å². The summed E-state index contributed by atoms with van der Waals surface area (Å²) in [7, 11) is 0. The standard InChI is InChI=1S/C52H68N4O8/c1-25(2)53-17-41-45(57)33-13-37(49(41)61-21-53)30(10)34-14-39(51-42(46(34)58)18-54(23-63-51)26(3)4)32(12)36-16-40(52-44(48(36)60)20-56(24-64-52)28(7)8)31(11)35-15-38(29(33)9)50-43(47(35)59)19-55(22-62-50)27(5)6/h13-16,25-32,57-60H,17-24H2,1-12H3/t29-,30-,31-,32-/m1/s1. The number of hydrogen-bond acceptors (Lipinski definition) is 12. The normalized spacial score (nSPS) is 22.6. The number of benzene rings is 4. The first-order chi connectivity index (χ1) is 30.4. The van der Waals surface area contributed by atoms with Gasteiger partial charge in [-0.3, -0.25) is 19.6 Å². The second-order valence-corrected chi connectivity index (χ2v) is 20.2. The van der Waals surface area contributed by atoms with Crippen molar-refractivity contribution in [3.63, 3.8) is 0 Å². The number of hydrogen-bond donors (Lipinski definition) is 4. The summed E-state index contributed by atoms with van der Waals surface area (Å²) in [5.74, 6) is 1.61. The highest BCUT2D eigenvalue weighted by atomic mass is 16.5. The van der Waals surface area contributed by atoms with E-state index in [1.807, 2.05) is 0 Å². The lowest BCUT2D eigenvalue weighted by Gasteiger charge is -2.38. The third kappa shape index (κ3) is 7.11. The number of rotatable bonds is 4. The van der Waals surface area contributed by atoms with E-state index in [2.05, 4.69) is 127 Å². The molecule has 64 heavy (non-hydrogen) atoms. The molecule has 4 aliphatic heterocycles. The van der Waals surface area contributed by atoms with Crippen molar-refractivity contribution in [2.24, 2.45) is 0 Å². The zero-order valence-corrected chi connectivity index (χ0v) is 39.8. The molecule has 0 saturated carbocycles. The van der Waals surface area contributed by atoms with Gasteiger partial charge in [-0.1, -0.05) is 27.7 Å². The Kier molecular flexibility index (Phi) is 11.4. The van der Waals surface area contributed by atoms with Gasteiger partial charge in [-0.15, -0.1) is 0 Å². The molecule has 0 unspecified atom stereocenters. The maximum Gasteiger partial charge on any atom is 0.142 e. The molecule has 344 valence electrons. The van der Waals surface area contributed by atoms with Crippen molar-refractivity contribution in [2.45, 2.75) is 157 Å². The van der Waals surface area contributed by atoms with Gasteiger partial charge in [0.05, 0.1) is 22.3 Å². The second-order valence-electron chi connectivity index (χ2n) is 20.2. The lowest BCUT2D eigenvalue weighted by molar-refractivity contribution is 0.0653. The molecule has 12 heteroatoms. The van der Waals surface area contributed by atoms with Crippen LogP contribution in [0.1, 0.15) is 174 Å². The maximum atomic E-state index is 12.6. The van der Waals surface area contributed by atoms with Crippen molar-refractivity contribution < 1.29 is 39.4 Å². The smallest absolute Gasteiger partial charge is 0.142 e. The molecule has 0 saturated heterocycles. The van der Waals surface area contributed by atoms with Gasteiger partial charge < -0.3 is 39.4 Å². The largest absolute Gasteiger partial charge is 0.507 e. The Morgan fingerprint density at radius 2 is 0.547 bits per heavy atom. The van der Waals surface area contributed by atoms with Crippen molar-refractivity contribution >= 4 is 0 Å². The Labute approximate surface area is 378 Å². The number of fused-ring (bicyclic) bond motifs is 16. The van der Waals surface area contributed by atoms with E-state index in [-0.39, 0.29) is 47.2 Å². The van der Waals surface area contributed by atoms with Crippen LogP contribution in [0, 0.1) is 0 Å². The number of nitrogens with zero attached hydrogens (tertiary/aromatic N) is 4. The molecule has 5 aliphatic rings. The Morgan fingerprint density at radius 3 is 0.719 bits per heavy atom. The van der Waals surface area contributed by atoms with Crippen molar-refractivity contribution in [3.05, 3.63) is 91.0 Å². The molecular formula is C52H68N4O8. The molecule has 8 bridgehead atoms. The summed E-state index contributed by atoms with van der Waals surface area (Å²) in [5, 5.41) is 50.2. The van der Waals surface area contributed by atoms with E-state index < -0.39 is 23.7 Å². The average molecular weight is 877 g/mol. The van der Waals surface area contributed by atoms with Gasteiger partial charge in [0.25, 0.3) is 0 Å². The van der Waals surface area contributed by atoms with Crippen LogP contribution in [0.25, 0.3) is 0 Å². The Hall–Kier alpha value is -4.88. The van der Waals surface area contributed by atoms with Crippen molar-refractivity contribution in [2.75, 3.05) is 26.9 Å². The van der Waals surface area contributed by atoms with E-state index in [1.165, 1.54) is 0 Å². The molecule has 9 rings (SSSR count). The second kappa shape index (κ2) is 16.5. The minimum atomic E-state index is -0.398. The van der Waals surface area contributed by atoms with Crippen LogP contribution in [0.2, 0.25) is 0 Å². The predicted molar refractivity (Wildman–Crippen MR) is 247 cm³/mol. The van der Waals surface area contributed by atoms with Gasteiger partial charge in [-0.05, 0) is 79.7 Å². The molecule has 4 aromatic carbocycles. The van der Waals surface area contributed by atoms with E-state index in [0.717, 1.165) is 22.3 Å². The first-order valence-corrected chi connectivity index (χ1v) is 23.4. The third-order valence-corrected chi connectivity index (χ3v) is 15.2. The lowest BCUT2D eigenvalue weighted by Crippen LogP contribution is -2.38. The summed E-state index contributed by atoms with van der Waals surface area (Å²) >= 11 is 0. The summed E-state index contributed by atoms with van der Waals surface area (Å²) in [5.41, 5.74) is 9.11. The summed E-state index contributed by atoms with van der Waals surface area (Å²) in [6, 6.07) is 8.90. The molecule has 4 atom stereocenters. The van der Waals surface area contributed by atoms with E-state index in [4.69, 9.17) is 18.9 Å². The summed E-state index contributed by atoms with van der Waals surface area (Å²) < 4.78 is 26.6. The molecule has 12 nitrogen and oxygen atoms in total. The third-order valence-electron chi connectivity index (χ3n) is 15.2. The van der Waals surface area contributed by atoms with Crippen LogP contribution in [0.5, 0.6) is 46.0 Å². The van der Waals surface area contributed by atoms with E-state index in [9.17, 15) is 20.4 Å². The van der Waals surface area contributed by atoms with Crippen LogP contribution >= 0.6 is 0 Å². The lowest BCUT2D eigenvalue weighted by atomic mass is 9.78. The Balaban J connectivity index is 1.38. The van der Waals surface area contributed by atoms with Gasteiger partial charge in [-0.2, -0.15) is 0 Å². The molecule has 0 spiro atoms. The zero-order chi connectivity index (χ0) is 45.8. The molecule has 0 amide bonds. The van der Waals surface area contributed by atoms with Crippen molar-refractivity contribution in [1.29, 1.82) is 0 Å². The molecule has 4 N–H and O–H groups in total. The van der Waals surface area contributed by atoms with Crippen LogP contribution in [-0.4, -0.2) is 91.1 Å². The van der Waals surface area contributed by atoms with Gasteiger partial charge in [0, 0.05) is 119 Å². The molecular weight excluding hydrogens is 809 g/mol. The monoisotopic (exact) mass is 877 g/mol.